The maximum absolute atomic E-state index is 11.0. The summed E-state index contributed by atoms with van der Waals surface area (Å²) in [6.45, 7) is 6.89. The molecule has 1 atom stereocenters. The fourth-order valence-corrected chi connectivity index (χ4v) is 1.47. The largest absolute Gasteiger partial charge is 0.351 e. The lowest BCUT2D eigenvalue weighted by Crippen LogP contribution is -2.33. The number of nitrogens with one attached hydrogen (secondary N) is 1. The van der Waals surface area contributed by atoms with Crippen molar-refractivity contribution in [3.63, 3.8) is 0 Å². The molecule has 92 valence electrons. The Balaban J connectivity index is 2.40. The number of nitrogens with zero attached hydrogens (tertiary/aromatic N) is 2. The van der Waals surface area contributed by atoms with E-state index in [9.17, 15) is 4.79 Å². The normalized spacial score (nSPS) is 12.2. The zero-order valence-electron chi connectivity index (χ0n) is 10.4. The van der Waals surface area contributed by atoms with E-state index in [0.717, 1.165) is 12.2 Å². The first kappa shape index (κ1) is 13.4. The van der Waals surface area contributed by atoms with Crippen molar-refractivity contribution in [2.75, 3.05) is 20.1 Å². The summed E-state index contributed by atoms with van der Waals surface area (Å²) in [6, 6.07) is 6.12. The Morgan fingerprint density at radius 3 is 3.00 bits per heavy atom. The van der Waals surface area contributed by atoms with Gasteiger partial charge < -0.3 is 5.32 Å². The minimum absolute atomic E-state index is 0.135. The van der Waals surface area contributed by atoms with E-state index in [-0.39, 0.29) is 11.9 Å². The number of pyridine rings is 1. The Kier molecular flexibility index (Phi) is 5.36. The lowest BCUT2D eigenvalue weighted by molar-refractivity contribution is -0.116. The molecule has 0 aliphatic heterocycles. The molecule has 1 N–H and O–H groups in total. The number of carbonyl (C=O) groups excluding carboxylic acids is 1. The van der Waals surface area contributed by atoms with Gasteiger partial charge in [0.15, 0.2) is 0 Å². The van der Waals surface area contributed by atoms with Gasteiger partial charge in [-0.3, -0.25) is 14.7 Å². The van der Waals surface area contributed by atoms with Crippen molar-refractivity contribution in [2.45, 2.75) is 13.0 Å². The number of hydrogen-bond acceptors (Lipinski definition) is 3. The number of likely N-dealkylation sites (N-methyl/N-ethyl adjacent to an activating group) is 1. The molecular formula is C13H19N3O. The SMILES string of the molecule is C=CC(=O)NCCN(C)C(C)c1ccccn1. The van der Waals surface area contributed by atoms with Crippen LogP contribution in [0.3, 0.4) is 0 Å². The maximum atomic E-state index is 11.0. The lowest BCUT2D eigenvalue weighted by atomic mass is 10.2. The smallest absolute Gasteiger partial charge is 0.243 e. The monoisotopic (exact) mass is 233 g/mol. The first-order valence-corrected chi connectivity index (χ1v) is 5.66. The highest BCUT2D eigenvalue weighted by molar-refractivity contribution is 5.86. The van der Waals surface area contributed by atoms with Gasteiger partial charge in [-0.1, -0.05) is 12.6 Å². The van der Waals surface area contributed by atoms with E-state index in [1.807, 2.05) is 25.2 Å². The molecule has 0 spiro atoms. The second kappa shape index (κ2) is 6.81. The minimum Gasteiger partial charge on any atom is -0.351 e. The summed E-state index contributed by atoms with van der Waals surface area (Å²) >= 11 is 0. The molecule has 17 heavy (non-hydrogen) atoms. The molecule has 0 fully saturated rings. The highest BCUT2D eigenvalue weighted by atomic mass is 16.1. The van der Waals surface area contributed by atoms with E-state index < -0.39 is 0 Å². The molecule has 1 amide bonds. The van der Waals surface area contributed by atoms with Crippen LogP contribution in [0.1, 0.15) is 18.7 Å². The molecule has 4 heteroatoms. The van der Waals surface area contributed by atoms with Crippen molar-refractivity contribution in [1.82, 2.24) is 15.2 Å². The summed E-state index contributed by atoms with van der Waals surface area (Å²) in [4.78, 5) is 17.4. The number of rotatable bonds is 6. The zero-order chi connectivity index (χ0) is 12.7. The molecule has 1 aromatic rings. The highest BCUT2D eigenvalue weighted by Gasteiger charge is 2.11. The molecule has 0 bridgehead atoms. The topological polar surface area (TPSA) is 45.2 Å². The van der Waals surface area contributed by atoms with Crippen molar-refractivity contribution < 1.29 is 4.79 Å². The van der Waals surface area contributed by atoms with Crippen LogP contribution in [-0.2, 0) is 4.79 Å². The molecule has 0 radical (unpaired) electrons. The van der Waals surface area contributed by atoms with Crippen LogP contribution in [0.5, 0.6) is 0 Å². The van der Waals surface area contributed by atoms with Gasteiger partial charge in [0.25, 0.3) is 0 Å². The van der Waals surface area contributed by atoms with Gasteiger partial charge in [0.05, 0.1) is 5.69 Å². The average Bonchev–Trinajstić information content (AvgIpc) is 2.38. The summed E-state index contributed by atoms with van der Waals surface area (Å²) in [6.07, 6.45) is 3.07. The quantitative estimate of drug-likeness (QED) is 0.755. The summed E-state index contributed by atoms with van der Waals surface area (Å²) in [5.41, 5.74) is 1.03. The molecule has 0 aliphatic rings. The number of aromatic nitrogens is 1. The van der Waals surface area contributed by atoms with Crippen molar-refractivity contribution in [3.8, 4) is 0 Å². The molecule has 4 nitrogen and oxygen atoms in total. The fraction of sp³-hybridized carbons (Fsp3) is 0.385. The van der Waals surface area contributed by atoms with Crippen LogP contribution < -0.4 is 5.32 Å². The van der Waals surface area contributed by atoms with Crippen LogP contribution >= 0.6 is 0 Å². The average molecular weight is 233 g/mol. The molecule has 1 rings (SSSR count). The van der Waals surface area contributed by atoms with Gasteiger partial charge in [-0.05, 0) is 32.2 Å². The Morgan fingerprint density at radius 2 is 2.41 bits per heavy atom. The van der Waals surface area contributed by atoms with Gasteiger partial charge in [0.1, 0.15) is 0 Å². The molecular weight excluding hydrogens is 214 g/mol. The first-order valence-electron chi connectivity index (χ1n) is 5.66. The van der Waals surface area contributed by atoms with Crippen LogP contribution in [0.4, 0.5) is 0 Å². The summed E-state index contributed by atoms with van der Waals surface area (Å²) in [7, 11) is 2.01. The third kappa shape index (κ3) is 4.36. The Hall–Kier alpha value is -1.68. The summed E-state index contributed by atoms with van der Waals surface area (Å²) < 4.78 is 0. The van der Waals surface area contributed by atoms with Crippen LogP contribution in [-0.4, -0.2) is 35.9 Å². The van der Waals surface area contributed by atoms with Crippen molar-refractivity contribution >= 4 is 5.91 Å². The van der Waals surface area contributed by atoms with Crippen molar-refractivity contribution in [1.29, 1.82) is 0 Å². The number of amides is 1. The van der Waals surface area contributed by atoms with E-state index >= 15 is 0 Å². The van der Waals surface area contributed by atoms with Gasteiger partial charge in [0, 0.05) is 25.3 Å². The Morgan fingerprint density at radius 1 is 1.65 bits per heavy atom. The van der Waals surface area contributed by atoms with E-state index in [2.05, 4.69) is 28.7 Å². The van der Waals surface area contributed by atoms with Gasteiger partial charge in [-0.15, -0.1) is 0 Å². The third-order valence-corrected chi connectivity index (χ3v) is 2.73. The first-order chi connectivity index (χ1) is 8.15. The van der Waals surface area contributed by atoms with Gasteiger partial charge in [0.2, 0.25) is 5.91 Å². The predicted octanol–water partition coefficient (Wildman–Crippen LogP) is 1.38. The van der Waals surface area contributed by atoms with E-state index in [1.165, 1.54) is 6.08 Å². The molecule has 0 aliphatic carbocycles. The highest BCUT2D eigenvalue weighted by Crippen LogP contribution is 2.14. The lowest BCUT2D eigenvalue weighted by Gasteiger charge is -2.24. The summed E-state index contributed by atoms with van der Waals surface area (Å²) in [5.74, 6) is -0.135. The minimum atomic E-state index is -0.135. The second-order valence-electron chi connectivity index (χ2n) is 3.91. The molecule has 1 unspecified atom stereocenters. The van der Waals surface area contributed by atoms with Gasteiger partial charge in [-0.25, -0.2) is 0 Å². The van der Waals surface area contributed by atoms with Crippen LogP contribution in [0.15, 0.2) is 37.1 Å². The summed E-state index contributed by atoms with van der Waals surface area (Å²) in [5, 5.41) is 2.75. The number of hydrogen-bond donors (Lipinski definition) is 1. The van der Waals surface area contributed by atoms with E-state index in [4.69, 9.17) is 0 Å². The number of carbonyl (C=O) groups is 1. The van der Waals surface area contributed by atoms with E-state index in [0.29, 0.717) is 6.54 Å². The predicted molar refractivity (Wildman–Crippen MR) is 68.5 cm³/mol. The van der Waals surface area contributed by atoms with Crippen molar-refractivity contribution in [2.24, 2.45) is 0 Å². The zero-order valence-corrected chi connectivity index (χ0v) is 10.4. The van der Waals surface area contributed by atoms with E-state index in [1.54, 1.807) is 6.20 Å². The maximum Gasteiger partial charge on any atom is 0.243 e. The molecule has 1 heterocycles. The molecule has 1 aromatic heterocycles. The molecule has 0 aromatic carbocycles. The fourth-order valence-electron chi connectivity index (χ4n) is 1.47. The second-order valence-corrected chi connectivity index (χ2v) is 3.91. The van der Waals surface area contributed by atoms with Crippen LogP contribution in [0.2, 0.25) is 0 Å². The standard InChI is InChI=1S/C13H19N3O/c1-4-13(17)15-9-10-16(3)11(2)12-7-5-6-8-14-12/h4-8,11H,1,9-10H2,2-3H3,(H,15,17). The molecule has 0 saturated carbocycles. The van der Waals surface area contributed by atoms with Gasteiger partial charge >= 0.3 is 0 Å². The van der Waals surface area contributed by atoms with Crippen LogP contribution in [0.25, 0.3) is 0 Å². The Bertz CT molecular complexity index is 364. The molecule has 0 saturated heterocycles. The van der Waals surface area contributed by atoms with Crippen LogP contribution in [0, 0.1) is 0 Å². The third-order valence-electron chi connectivity index (χ3n) is 2.73. The van der Waals surface area contributed by atoms with Gasteiger partial charge in [-0.2, -0.15) is 0 Å². The van der Waals surface area contributed by atoms with Crippen molar-refractivity contribution in [3.05, 3.63) is 42.7 Å². The Labute approximate surface area is 102 Å².